The van der Waals surface area contributed by atoms with Crippen molar-refractivity contribution in [1.82, 2.24) is 5.43 Å². The Labute approximate surface area is 211 Å². The molecule has 0 saturated heterocycles. The second kappa shape index (κ2) is 11.6. The van der Waals surface area contributed by atoms with Crippen LogP contribution in [0.5, 0.6) is 5.75 Å². The predicted octanol–water partition coefficient (Wildman–Crippen LogP) is 4.22. The summed E-state index contributed by atoms with van der Waals surface area (Å²) < 4.78 is 24.5. The monoisotopic (exact) mass is 509 g/mol. The van der Waals surface area contributed by atoms with Gasteiger partial charge >= 0.3 is 17.8 Å². The highest BCUT2D eigenvalue weighted by Gasteiger charge is 2.29. The number of nitrogens with one attached hydrogen (secondary N) is 2. The van der Waals surface area contributed by atoms with Crippen LogP contribution in [0.3, 0.4) is 0 Å². The van der Waals surface area contributed by atoms with Crippen molar-refractivity contribution >= 4 is 40.3 Å². The lowest BCUT2D eigenvalue weighted by Crippen LogP contribution is -2.32. The fourth-order valence-electron chi connectivity index (χ4n) is 3.75. The molecule has 1 heterocycles. The minimum Gasteiger partial charge on any atom is -0.489 e. The molecular formula is C26H24FN3O5S. The molecule has 0 radical (unpaired) electrons. The van der Waals surface area contributed by atoms with Gasteiger partial charge in [-0.3, -0.25) is 9.59 Å². The Hall–Kier alpha value is -4.05. The third kappa shape index (κ3) is 5.95. The van der Waals surface area contributed by atoms with Crippen LogP contribution in [0, 0.1) is 5.82 Å². The van der Waals surface area contributed by atoms with Crippen LogP contribution in [0.25, 0.3) is 0 Å². The van der Waals surface area contributed by atoms with Gasteiger partial charge in [-0.25, -0.2) is 14.6 Å². The topological polar surface area (TPSA) is 106 Å². The van der Waals surface area contributed by atoms with Crippen molar-refractivity contribution in [3.05, 3.63) is 81.5 Å². The highest BCUT2D eigenvalue weighted by atomic mass is 32.1. The zero-order valence-corrected chi connectivity index (χ0v) is 20.3. The zero-order valence-electron chi connectivity index (χ0n) is 19.5. The number of nitrogens with zero attached hydrogens (tertiary/aromatic N) is 1. The molecule has 2 amide bonds. The molecule has 10 heteroatoms. The first kappa shape index (κ1) is 25.1. The van der Waals surface area contributed by atoms with E-state index in [1.807, 2.05) is 0 Å². The second-order valence-corrected chi connectivity index (χ2v) is 8.99. The number of anilines is 1. The number of ether oxygens (including phenoxy) is 2. The van der Waals surface area contributed by atoms with E-state index >= 15 is 0 Å². The number of fused-ring (bicyclic) bond motifs is 1. The number of thiophene rings is 1. The number of hydrazone groups is 1. The molecule has 1 aliphatic carbocycles. The van der Waals surface area contributed by atoms with Gasteiger partial charge in [0, 0.05) is 10.4 Å². The summed E-state index contributed by atoms with van der Waals surface area (Å²) in [7, 11) is 0. The summed E-state index contributed by atoms with van der Waals surface area (Å²) in [4.78, 5) is 38.1. The van der Waals surface area contributed by atoms with Crippen LogP contribution >= 0.6 is 11.3 Å². The molecule has 0 aliphatic heterocycles. The maximum atomic E-state index is 13.8. The van der Waals surface area contributed by atoms with Crippen molar-refractivity contribution in [3.63, 3.8) is 0 Å². The van der Waals surface area contributed by atoms with Crippen LogP contribution < -0.4 is 15.5 Å². The summed E-state index contributed by atoms with van der Waals surface area (Å²) in [6.45, 7) is 1.98. The SMILES string of the molecule is CCOC(=O)c1c(NC(=O)C(=O)NN=Cc2cccc(OCc3ccccc3F)c2)sc2c1CCC2. The lowest BCUT2D eigenvalue weighted by molar-refractivity contribution is -0.136. The molecule has 0 atom stereocenters. The Morgan fingerprint density at radius 3 is 2.75 bits per heavy atom. The molecule has 36 heavy (non-hydrogen) atoms. The second-order valence-electron chi connectivity index (χ2n) is 7.89. The number of halogens is 1. The van der Waals surface area contributed by atoms with Crippen LogP contribution in [0.1, 0.15) is 45.3 Å². The van der Waals surface area contributed by atoms with Gasteiger partial charge in [0.15, 0.2) is 0 Å². The molecule has 1 aromatic heterocycles. The first-order valence-electron chi connectivity index (χ1n) is 11.4. The first-order valence-corrected chi connectivity index (χ1v) is 12.2. The van der Waals surface area contributed by atoms with Gasteiger partial charge in [-0.2, -0.15) is 5.10 Å². The van der Waals surface area contributed by atoms with Crippen molar-refractivity contribution in [1.29, 1.82) is 0 Å². The Morgan fingerprint density at radius 2 is 1.94 bits per heavy atom. The van der Waals surface area contributed by atoms with Gasteiger partial charge in [-0.15, -0.1) is 11.3 Å². The molecule has 2 aromatic carbocycles. The number of benzene rings is 2. The summed E-state index contributed by atoms with van der Waals surface area (Å²) in [5, 5.41) is 6.65. The molecule has 0 saturated carbocycles. The van der Waals surface area contributed by atoms with Crippen molar-refractivity contribution < 1.29 is 28.2 Å². The van der Waals surface area contributed by atoms with Crippen molar-refractivity contribution in [3.8, 4) is 5.75 Å². The number of carbonyl (C=O) groups is 3. The Morgan fingerprint density at radius 1 is 1.11 bits per heavy atom. The van der Waals surface area contributed by atoms with E-state index in [-0.39, 0.29) is 19.0 Å². The average molecular weight is 510 g/mol. The molecule has 0 unspecified atom stereocenters. The molecule has 186 valence electrons. The van der Waals surface area contributed by atoms with Gasteiger partial charge < -0.3 is 14.8 Å². The molecule has 3 aromatic rings. The van der Waals surface area contributed by atoms with Crippen LogP contribution in [0.15, 0.2) is 53.6 Å². The summed E-state index contributed by atoms with van der Waals surface area (Å²) >= 11 is 1.29. The summed E-state index contributed by atoms with van der Waals surface area (Å²) in [5.74, 6) is -2.30. The van der Waals surface area contributed by atoms with E-state index in [0.29, 0.717) is 27.4 Å². The van der Waals surface area contributed by atoms with E-state index in [4.69, 9.17) is 9.47 Å². The normalized spacial score (nSPS) is 12.3. The molecule has 0 spiro atoms. The Bertz CT molecular complexity index is 1320. The number of hydrogen-bond donors (Lipinski definition) is 2. The van der Waals surface area contributed by atoms with Gasteiger partial charge in [0.05, 0.1) is 18.4 Å². The molecule has 0 fully saturated rings. The molecule has 8 nitrogen and oxygen atoms in total. The number of rotatable bonds is 8. The number of esters is 1. The largest absolute Gasteiger partial charge is 0.489 e. The number of hydrogen-bond acceptors (Lipinski definition) is 7. The van der Waals surface area contributed by atoms with Gasteiger partial charge in [0.2, 0.25) is 0 Å². The van der Waals surface area contributed by atoms with E-state index in [0.717, 1.165) is 29.7 Å². The minimum atomic E-state index is -0.985. The first-order chi connectivity index (χ1) is 17.5. The van der Waals surface area contributed by atoms with Crippen molar-refractivity contribution in [2.24, 2.45) is 5.10 Å². The van der Waals surface area contributed by atoms with E-state index < -0.39 is 17.8 Å². The third-order valence-electron chi connectivity index (χ3n) is 5.42. The maximum absolute atomic E-state index is 13.8. The quantitative estimate of drug-likeness (QED) is 0.205. The van der Waals surface area contributed by atoms with Crippen LogP contribution in [0.4, 0.5) is 9.39 Å². The van der Waals surface area contributed by atoms with Crippen LogP contribution in [0.2, 0.25) is 0 Å². The van der Waals surface area contributed by atoms with Gasteiger partial charge in [0.25, 0.3) is 0 Å². The summed E-state index contributed by atoms with van der Waals surface area (Å²) in [6, 6.07) is 13.2. The van der Waals surface area contributed by atoms with Gasteiger partial charge in [0.1, 0.15) is 23.2 Å². The molecule has 4 rings (SSSR count). The van der Waals surface area contributed by atoms with Crippen molar-refractivity contribution in [2.45, 2.75) is 32.8 Å². The fraction of sp³-hybridized carbons (Fsp3) is 0.231. The Kier molecular flexibility index (Phi) is 8.06. The molecule has 1 aliphatic rings. The number of amides is 2. The zero-order chi connectivity index (χ0) is 25.5. The van der Waals surface area contributed by atoms with Crippen LogP contribution in [-0.2, 0) is 33.8 Å². The maximum Gasteiger partial charge on any atom is 0.341 e. The minimum absolute atomic E-state index is 0.0596. The lowest BCUT2D eigenvalue weighted by Gasteiger charge is -2.08. The average Bonchev–Trinajstić information content (AvgIpc) is 3.45. The predicted molar refractivity (Wildman–Crippen MR) is 134 cm³/mol. The van der Waals surface area contributed by atoms with Gasteiger partial charge in [-0.1, -0.05) is 30.3 Å². The molecule has 2 N–H and O–H groups in total. The van der Waals surface area contributed by atoms with Crippen molar-refractivity contribution in [2.75, 3.05) is 11.9 Å². The standard InChI is InChI=1S/C26H24FN3O5S/c1-2-34-26(33)22-19-10-6-12-21(19)36-25(22)29-23(31)24(32)30-28-14-16-7-5-9-18(13-16)35-15-17-8-3-4-11-20(17)27/h3-5,7-9,11,13-14H,2,6,10,12,15H2,1H3,(H,29,31)(H,30,32). The molecular weight excluding hydrogens is 485 g/mol. The Balaban J connectivity index is 1.34. The molecule has 0 bridgehead atoms. The highest BCUT2D eigenvalue weighted by molar-refractivity contribution is 7.17. The third-order valence-corrected chi connectivity index (χ3v) is 6.63. The van der Waals surface area contributed by atoms with E-state index in [9.17, 15) is 18.8 Å². The number of carbonyl (C=O) groups excluding carboxylic acids is 3. The summed E-state index contributed by atoms with van der Waals surface area (Å²) in [5.41, 5.74) is 4.41. The van der Waals surface area contributed by atoms with E-state index in [1.165, 1.54) is 23.6 Å². The van der Waals surface area contributed by atoms with Gasteiger partial charge in [-0.05, 0) is 55.5 Å². The number of aryl methyl sites for hydroxylation is 1. The lowest BCUT2D eigenvalue weighted by atomic mass is 10.1. The smallest absolute Gasteiger partial charge is 0.341 e. The summed E-state index contributed by atoms with van der Waals surface area (Å²) in [6.07, 6.45) is 3.84. The van der Waals surface area contributed by atoms with E-state index in [1.54, 1.807) is 49.4 Å². The van der Waals surface area contributed by atoms with Crippen LogP contribution in [-0.4, -0.2) is 30.6 Å². The fourth-order valence-corrected chi connectivity index (χ4v) is 5.02. The van der Waals surface area contributed by atoms with E-state index in [2.05, 4.69) is 15.8 Å². The highest BCUT2D eigenvalue weighted by Crippen LogP contribution is 2.39.